The number of aliphatic hydroxyl groups is 1. The van der Waals surface area contributed by atoms with Gasteiger partial charge in [0.25, 0.3) is 5.91 Å². The molecule has 2 N–H and O–H groups in total. The van der Waals surface area contributed by atoms with Crippen LogP contribution in [0.1, 0.15) is 35.4 Å². The molecule has 0 unspecified atom stereocenters. The first-order valence-corrected chi connectivity index (χ1v) is 6.92. The minimum Gasteiger partial charge on any atom is -0.493 e. The molecule has 0 saturated heterocycles. The van der Waals surface area contributed by atoms with E-state index < -0.39 is 6.10 Å². The standard InChI is InChI=1S/C16H19NO4/c1-2-21-15-6-4-3-5-13(15)16(19)17-9-7-14(18)12-8-10-20-11-12/h3-6,8,10-11,14,18H,2,7,9H2,1H3,(H,17,19)/t14-/m1/s1. The Labute approximate surface area is 123 Å². The highest BCUT2D eigenvalue weighted by atomic mass is 16.5. The first-order chi connectivity index (χ1) is 10.2. The van der Waals surface area contributed by atoms with Gasteiger partial charge in [0.15, 0.2) is 0 Å². The lowest BCUT2D eigenvalue weighted by molar-refractivity contribution is 0.0939. The first-order valence-electron chi connectivity index (χ1n) is 6.92. The zero-order chi connectivity index (χ0) is 15.1. The lowest BCUT2D eigenvalue weighted by atomic mass is 10.1. The Bertz CT molecular complexity index is 565. The number of hydrogen-bond donors (Lipinski definition) is 2. The summed E-state index contributed by atoms with van der Waals surface area (Å²) in [5.74, 6) is 0.353. The summed E-state index contributed by atoms with van der Waals surface area (Å²) >= 11 is 0. The number of carbonyl (C=O) groups excluding carboxylic acids is 1. The van der Waals surface area contributed by atoms with Crippen molar-refractivity contribution in [1.82, 2.24) is 5.32 Å². The predicted octanol–water partition coefficient (Wildman–Crippen LogP) is 2.53. The molecule has 0 fully saturated rings. The van der Waals surface area contributed by atoms with E-state index in [9.17, 15) is 9.90 Å². The maximum Gasteiger partial charge on any atom is 0.255 e. The SMILES string of the molecule is CCOc1ccccc1C(=O)NCC[C@@H](O)c1ccoc1. The van der Waals surface area contributed by atoms with Gasteiger partial charge in [-0.2, -0.15) is 0 Å². The third-order valence-corrected chi connectivity index (χ3v) is 3.06. The first kappa shape index (κ1) is 15.1. The van der Waals surface area contributed by atoms with Crippen molar-refractivity contribution < 1.29 is 19.1 Å². The van der Waals surface area contributed by atoms with Gasteiger partial charge in [0.2, 0.25) is 0 Å². The number of rotatable bonds is 7. The predicted molar refractivity (Wildman–Crippen MR) is 78.2 cm³/mol. The molecule has 0 saturated carbocycles. The van der Waals surface area contributed by atoms with E-state index in [1.165, 1.54) is 12.5 Å². The minimum absolute atomic E-state index is 0.210. The van der Waals surface area contributed by atoms with Crippen molar-refractivity contribution >= 4 is 5.91 Å². The monoisotopic (exact) mass is 289 g/mol. The third kappa shape index (κ3) is 4.10. The number of aliphatic hydroxyl groups excluding tert-OH is 1. The molecule has 0 aliphatic carbocycles. The van der Waals surface area contributed by atoms with Gasteiger partial charge in [0.1, 0.15) is 5.75 Å². The van der Waals surface area contributed by atoms with E-state index in [1.54, 1.807) is 24.3 Å². The molecule has 1 aromatic carbocycles. The Morgan fingerprint density at radius 3 is 2.90 bits per heavy atom. The molecule has 2 rings (SSSR count). The van der Waals surface area contributed by atoms with Crippen LogP contribution in [0, 0.1) is 0 Å². The number of benzene rings is 1. The number of carbonyl (C=O) groups is 1. The topological polar surface area (TPSA) is 71.7 Å². The lowest BCUT2D eigenvalue weighted by Gasteiger charge is -2.12. The Morgan fingerprint density at radius 2 is 2.19 bits per heavy atom. The molecule has 2 aromatic rings. The van der Waals surface area contributed by atoms with Crippen LogP contribution in [0.4, 0.5) is 0 Å². The van der Waals surface area contributed by atoms with Crippen LogP contribution in [-0.4, -0.2) is 24.2 Å². The maximum atomic E-state index is 12.1. The second kappa shape index (κ2) is 7.50. The van der Waals surface area contributed by atoms with Gasteiger partial charge in [-0.05, 0) is 31.5 Å². The summed E-state index contributed by atoms with van der Waals surface area (Å²) in [4.78, 5) is 12.1. The number of hydrogen-bond acceptors (Lipinski definition) is 4. The number of nitrogens with one attached hydrogen (secondary N) is 1. The van der Waals surface area contributed by atoms with Crippen molar-refractivity contribution in [2.24, 2.45) is 0 Å². The quantitative estimate of drug-likeness (QED) is 0.821. The molecule has 1 heterocycles. The van der Waals surface area contributed by atoms with Crippen LogP contribution >= 0.6 is 0 Å². The lowest BCUT2D eigenvalue weighted by Crippen LogP contribution is -2.26. The summed E-state index contributed by atoms with van der Waals surface area (Å²) in [5.41, 5.74) is 1.20. The third-order valence-electron chi connectivity index (χ3n) is 3.06. The molecule has 0 aliphatic heterocycles. The van der Waals surface area contributed by atoms with Crippen molar-refractivity contribution in [2.75, 3.05) is 13.2 Å². The van der Waals surface area contributed by atoms with Crippen LogP contribution < -0.4 is 10.1 Å². The Kier molecular flexibility index (Phi) is 5.40. The molecule has 0 spiro atoms. The Morgan fingerprint density at radius 1 is 1.38 bits per heavy atom. The van der Waals surface area contributed by atoms with E-state index in [1.807, 2.05) is 13.0 Å². The van der Waals surface area contributed by atoms with Gasteiger partial charge in [-0.25, -0.2) is 0 Å². The van der Waals surface area contributed by atoms with Crippen molar-refractivity contribution in [1.29, 1.82) is 0 Å². The number of amides is 1. The molecule has 1 aromatic heterocycles. The van der Waals surface area contributed by atoms with Gasteiger partial charge in [-0.15, -0.1) is 0 Å². The molecular weight excluding hydrogens is 270 g/mol. The highest BCUT2D eigenvalue weighted by molar-refractivity contribution is 5.96. The Hall–Kier alpha value is -2.27. The summed E-state index contributed by atoms with van der Waals surface area (Å²) < 4.78 is 10.3. The summed E-state index contributed by atoms with van der Waals surface area (Å²) in [6.07, 6.45) is 2.78. The van der Waals surface area contributed by atoms with Gasteiger partial charge >= 0.3 is 0 Å². The second-order valence-electron chi connectivity index (χ2n) is 4.55. The van der Waals surface area contributed by atoms with Gasteiger partial charge in [0.05, 0.1) is 30.8 Å². The summed E-state index contributed by atoms with van der Waals surface area (Å²) in [6.45, 7) is 2.74. The van der Waals surface area contributed by atoms with E-state index in [0.29, 0.717) is 36.4 Å². The fourth-order valence-electron chi connectivity index (χ4n) is 1.98. The molecule has 5 nitrogen and oxygen atoms in total. The van der Waals surface area contributed by atoms with Gasteiger partial charge < -0.3 is 19.6 Å². The van der Waals surface area contributed by atoms with E-state index in [-0.39, 0.29) is 5.91 Å². The summed E-state index contributed by atoms with van der Waals surface area (Å²) in [5, 5.41) is 12.7. The van der Waals surface area contributed by atoms with Crippen LogP contribution in [0.3, 0.4) is 0 Å². The molecular formula is C16H19NO4. The molecule has 1 amide bonds. The average Bonchev–Trinajstić information content (AvgIpc) is 3.02. The van der Waals surface area contributed by atoms with Crippen molar-refractivity contribution in [2.45, 2.75) is 19.4 Å². The van der Waals surface area contributed by atoms with Crippen LogP contribution in [0.25, 0.3) is 0 Å². The molecule has 21 heavy (non-hydrogen) atoms. The fourth-order valence-corrected chi connectivity index (χ4v) is 1.98. The van der Waals surface area contributed by atoms with Gasteiger partial charge in [0, 0.05) is 12.1 Å². The zero-order valence-electron chi connectivity index (χ0n) is 11.9. The second-order valence-corrected chi connectivity index (χ2v) is 4.55. The maximum absolute atomic E-state index is 12.1. The highest BCUT2D eigenvalue weighted by Gasteiger charge is 2.13. The summed E-state index contributed by atoms with van der Waals surface area (Å²) in [7, 11) is 0. The van der Waals surface area contributed by atoms with Crippen molar-refractivity contribution in [3.63, 3.8) is 0 Å². The van der Waals surface area contributed by atoms with E-state index in [4.69, 9.17) is 9.15 Å². The molecule has 0 aliphatic rings. The van der Waals surface area contributed by atoms with E-state index in [2.05, 4.69) is 5.32 Å². The van der Waals surface area contributed by atoms with Gasteiger partial charge in [-0.1, -0.05) is 12.1 Å². The van der Waals surface area contributed by atoms with Crippen LogP contribution in [-0.2, 0) is 0 Å². The van der Waals surface area contributed by atoms with Crippen LogP contribution in [0.15, 0.2) is 47.3 Å². The highest BCUT2D eigenvalue weighted by Crippen LogP contribution is 2.18. The largest absolute Gasteiger partial charge is 0.493 e. The van der Waals surface area contributed by atoms with E-state index in [0.717, 1.165) is 0 Å². The van der Waals surface area contributed by atoms with Crippen molar-refractivity contribution in [3.8, 4) is 5.75 Å². The molecule has 112 valence electrons. The Balaban J connectivity index is 1.87. The van der Waals surface area contributed by atoms with Crippen molar-refractivity contribution in [3.05, 3.63) is 54.0 Å². The normalized spacial score (nSPS) is 11.9. The zero-order valence-corrected chi connectivity index (χ0v) is 11.9. The minimum atomic E-state index is -0.647. The summed E-state index contributed by atoms with van der Waals surface area (Å²) in [6, 6.07) is 8.80. The van der Waals surface area contributed by atoms with Crippen LogP contribution in [0.2, 0.25) is 0 Å². The number of para-hydroxylation sites is 1. The number of furan rings is 1. The van der Waals surface area contributed by atoms with Crippen LogP contribution in [0.5, 0.6) is 5.75 Å². The molecule has 0 bridgehead atoms. The van der Waals surface area contributed by atoms with E-state index >= 15 is 0 Å². The van der Waals surface area contributed by atoms with Gasteiger partial charge in [-0.3, -0.25) is 4.79 Å². The molecule has 0 radical (unpaired) electrons. The fraction of sp³-hybridized carbons (Fsp3) is 0.312. The molecule has 1 atom stereocenters. The number of ether oxygens (including phenoxy) is 1. The smallest absolute Gasteiger partial charge is 0.255 e. The average molecular weight is 289 g/mol. The molecule has 5 heteroatoms.